The van der Waals surface area contributed by atoms with E-state index in [0.717, 1.165) is 11.1 Å². The molecule has 2 aromatic carbocycles. The summed E-state index contributed by atoms with van der Waals surface area (Å²) >= 11 is 0. The molecular formula is C18H18N2O3. The van der Waals surface area contributed by atoms with Gasteiger partial charge in [0.1, 0.15) is 11.2 Å². The van der Waals surface area contributed by atoms with E-state index in [4.69, 9.17) is 10.5 Å². The van der Waals surface area contributed by atoms with Gasteiger partial charge in [-0.2, -0.15) is 0 Å². The lowest BCUT2D eigenvalue weighted by Gasteiger charge is -2.34. The molecule has 0 bridgehead atoms. The minimum Gasteiger partial charge on any atom is -0.497 e. The Kier molecular flexibility index (Phi) is 3.78. The lowest BCUT2D eigenvalue weighted by molar-refractivity contribution is -0.138. The maximum Gasteiger partial charge on any atom is 0.240 e. The Bertz CT molecular complexity index is 758. The number of benzene rings is 2. The van der Waals surface area contributed by atoms with Gasteiger partial charge in [0.05, 0.1) is 7.11 Å². The van der Waals surface area contributed by atoms with Crippen LogP contribution in [0.25, 0.3) is 0 Å². The van der Waals surface area contributed by atoms with Crippen molar-refractivity contribution in [3.8, 4) is 5.75 Å². The number of primary amides is 1. The van der Waals surface area contributed by atoms with Crippen LogP contribution in [0.3, 0.4) is 0 Å². The van der Waals surface area contributed by atoms with E-state index < -0.39 is 11.3 Å². The fraction of sp³-hybridized carbons (Fsp3) is 0.222. The minimum atomic E-state index is -1.27. The summed E-state index contributed by atoms with van der Waals surface area (Å²) in [5.41, 5.74) is 6.80. The van der Waals surface area contributed by atoms with Crippen molar-refractivity contribution >= 4 is 17.5 Å². The summed E-state index contributed by atoms with van der Waals surface area (Å²) in [5, 5.41) is 2.81. The van der Waals surface area contributed by atoms with Crippen LogP contribution in [-0.4, -0.2) is 18.9 Å². The summed E-state index contributed by atoms with van der Waals surface area (Å²) in [6, 6.07) is 14.8. The molecule has 1 atom stereocenters. The largest absolute Gasteiger partial charge is 0.497 e. The van der Waals surface area contributed by atoms with Gasteiger partial charge in [0, 0.05) is 11.8 Å². The van der Waals surface area contributed by atoms with Crippen molar-refractivity contribution in [2.24, 2.45) is 11.1 Å². The number of rotatable bonds is 4. The molecule has 5 nitrogen and oxygen atoms in total. The fourth-order valence-electron chi connectivity index (χ4n) is 2.97. The molecule has 0 saturated heterocycles. The summed E-state index contributed by atoms with van der Waals surface area (Å²) in [6.45, 7) is 0. The third-order valence-electron chi connectivity index (χ3n) is 4.31. The molecule has 1 unspecified atom stereocenters. The van der Waals surface area contributed by atoms with Gasteiger partial charge in [-0.3, -0.25) is 9.59 Å². The van der Waals surface area contributed by atoms with Crippen LogP contribution >= 0.6 is 0 Å². The number of anilines is 1. The van der Waals surface area contributed by atoms with Crippen LogP contribution in [0, 0.1) is 5.41 Å². The lowest BCUT2D eigenvalue weighted by atomic mass is 9.72. The number of nitrogens with one attached hydrogen (secondary N) is 1. The highest BCUT2D eigenvalue weighted by molar-refractivity contribution is 6.12. The number of carbonyl (C=O) groups excluding carboxylic acids is 2. The minimum absolute atomic E-state index is 0.278. The van der Waals surface area contributed by atoms with E-state index in [9.17, 15) is 9.59 Å². The number of nitrogens with two attached hydrogens (primary N) is 1. The molecule has 1 aliphatic rings. The van der Waals surface area contributed by atoms with Crippen molar-refractivity contribution in [3.05, 3.63) is 59.7 Å². The quantitative estimate of drug-likeness (QED) is 0.846. The van der Waals surface area contributed by atoms with Gasteiger partial charge in [0.15, 0.2) is 0 Å². The molecule has 0 aromatic heterocycles. The number of fused-ring (bicyclic) bond motifs is 1. The Balaban J connectivity index is 2.00. The summed E-state index contributed by atoms with van der Waals surface area (Å²) in [5.74, 6) is -0.325. The predicted molar refractivity (Wildman–Crippen MR) is 87.1 cm³/mol. The molecule has 3 N–H and O–H groups in total. The predicted octanol–water partition coefficient (Wildman–Crippen LogP) is 1.90. The molecule has 1 aliphatic heterocycles. The van der Waals surface area contributed by atoms with Crippen molar-refractivity contribution in [3.63, 3.8) is 0 Å². The number of amides is 2. The average molecular weight is 310 g/mol. The maximum absolute atomic E-state index is 12.7. The number of hydrogen-bond donors (Lipinski definition) is 2. The molecule has 0 fully saturated rings. The first-order chi connectivity index (χ1) is 11.0. The zero-order valence-electron chi connectivity index (χ0n) is 12.8. The lowest BCUT2D eigenvalue weighted by Crippen LogP contribution is -2.52. The highest BCUT2D eigenvalue weighted by Gasteiger charge is 2.47. The zero-order valence-corrected chi connectivity index (χ0v) is 12.8. The molecular weight excluding hydrogens is 292 g/mol. The summed E-state index contributed by atoms with van der Waals surface area (Å²) < 4.78 is 5.17. The summed E-state index contributed by atoms with van der Waals surface area (Å²) in [6.07, 6.45) is 0.558. The number of ether oxygens (including phenoxy) is 1. The van der Waals surface area contributed by atoms with Gasteiger partial charge >= 0.3 is 0 Å². The first kappa shape index (κ1) is 15.1. The molecule has 118 valence electrons. The van der Waals surface area contributed by atoms with E-state index in [0.29, 0.717) is 11.4 Å². The third kappa shape index (κ3) is 2.65. The molecule has 0 saturated carbocycles. The van der Waals surface area contributed by atoms with Crippen molar-refractivity contribution in [1.82, 2.24) is 0 Å². The monoisotopic (exact) mass is 310 g/mol. The van der Waals surface area contributed by atoms with Gasteiger partial charge in [0.2, 0.25) is 11.8 Å². The Morgan fingerprint density at radius 3 is 2.65 bits per heavy atom. The zero-order chi connectivity index (χ0) is 16.4. The summed E-state index contributed by atoms with van der Waals surface area (Å²) in [7, 11) is 1.56. The number of hydrogen-bond acceptors (Lipinski definition) is 3. The van der Waals surface area contributed by atoms with Crippen molar-refractivity contribution in [2.45, 2.75) is 12.8 Å². The van der Waals surface area contributed by atoms with E-state index in [2.05, 4.69) is 5.32 Å². The molecule has 3 rings (SSSR count). The summed E-state index contributed by atoms with van der Waals surface area (Å²) in [4.78, 5) is 24.8. The number of methoxy groups -OCH3 is 1. The topological polar surface area (TPSA) is 81.4 Å². The van der Waals surface area contributed by atoms with Crippen LogP contribution in [0.15, 0.2) is 48.5 Å². The Morgan fingerprint density at radius 1 is 1.26 bits per heavy atom. The van der Waals surface area contributed by atoms with E-state index >= 15 is 0 Å². The molecule has 5 heteroatoms. The van der Waals surface area contributed by atoms with E-state index in [-0.39, 0.29) is 18.7 Å². The molecule has 0 radical (unpaired) electrons. The van der Waals surface area contributed by atoms with Crippen LogP contribution in [0.5, 0.6) is 5.75 Å². The normalized spacial score (nSPS) is 19.6. The van der Waals surface area contributed by atoms with Gasteiger partial charge in [-0.1, -0.05) is 36.4 Å². The van der Waals surface area contributed by atoms with Gasteiger partial charge in [-0.25, -0.2) is 0 Å². The van der Waals surface area contributed by atoms with Crippen molar-refractivity contribution in [1.29, 1.82) is 0 Å². The molecule has 2 amide bonds. The standard InChI is InChI=1S/C18H18N2O3/c1-23-14-8-7-13-11-18(16(19)21,17(22)20-15(13)9-14)10-12-5-3-2-4-6-12/h2-9H,10-11H2,1H3,(H2,19,21)(H,20,22). The number of carbonyl (C=O) groups is 2. The van der Waals surface area contributed by atoms with E-state index in [1.165, 1.54) is 0 Å². The molecule has 23 heavy (non-hydrogen) atoms. The molecule has 0 aliphatic carbocycles. The average Bonchev–Trinajstić information content (AvgIpc) is 2.55. The van der Waals surface area contributed by atoms with Gasteiger partial charge in [-0.15, -0.1) is 0 Å². The third-order valence-corrected chi connectivity index (χ3v) is 4.31. The van der Waals surface area contributed by atoms with Crippen molar-refractivity contribution < 1.29 is 14.3 Å². The van der Waals surface area contributed by atoms with Gasteiger partial charge in [0.25, 0.3) is 0 Å². The van der Waals surface area contributed by atoms with Gasteiger partial charge in [-0.05, 0) is 30.0 Å². The Morgan fingerprint density at radius 2 is 2.00 bits per heavy atom. The van der Waals surface area contributed by atoms with Crippen molar-refractivity contribution in [2.75, 3.05) is 12.4 Å². The second-order valence-corrected chi connectivity index (χ2v) is 5.76. The molecule has 1 heterocycles. The maximum atomic E-state index is 12.7. The second-order valence-electron chi connectivity index (χ2n) is 5.76. The van der Waals surface area contributed by atoms with E-state index in [1.54, 1.807) is 13.2 Å². The smallest absolute Gasteiger partial charge is 0.240 e. The highest BCUT2D eigenvalue weighted by Crippen LogP contribution is 2.38. The highest BCUT2D eigenvalue weighted by atomic mass is 16.5. The first-order valence-electron chi connectivity index (χ1n) is 7.37. The Labute approximate surface area is 134 Å². The van der Waals surface area contributed by atoms with Crippen LogP contribution in [0.1, 0.15) is 11.1 Å². The van der Waals surface area contributed by atoms with Crippen LogP contribution in [0.2, 0.25) is 0 Å². The second kappa shape index (κ2) is 5.76. The Hall–Kier alpha value is -2.82. The van der Waals surface area contributed by atoms with Gasteiger partial charge < -0.3 is 15.8 Å². The van der Waals surface area contributed by atoms with E-state index in [1.807, 2.05) is 42.5 Å². The first-order valence-corrected chi connectivity index (χ1v) is 7.37. The van der Waals surface area contributed by atoms with Crippen LogP contribution in [-0.2, 0) is 22.4 Å². The fourth-order valence-corrected chi connectivity index (χ4v) is 2.97. The molecule has 0 spiro atoms. The SMILES string of the molecule is COc1ccc2c(c1)NC(=O)C(Cc1ccccc1)(C(N)=O)C2. The van der Waals surface area contributed by atoms with Crippen LogP contribution < -0.4 is 15.8 Å². The van der Waals surface area contributed by atoms with Crippen LogP contribution in [0.4, 0.5) is 5.69 Å². The molecule has 2 aromatic rings.